The average molecular weight is 488 g/mol. The second-order valence-electron chi connectivity index (χ2n) is 9.77. The van der Waals surface area contributed by atoms with E-state index in [1.807, 2.05) is 43.0 Å². The molecule has 0 bridgehead atoms. The van der Waals surface area contributed by atoms with Crippen LogP contribution in [-0.2, 0) is 30.9 Å². The van der Waals surface area contributed by atoms with Crippen LogP contribution in [0.1, 0.15) is 55.4 Å². The maximum Gasteiger partial charge on any atom is 0.264 e. The van der Waals surface area contributed by atoms with E-state index in [0.717, 1.165) is 36.0 Å². The summed E-state index contributed by atoms with van der Waals surface area (Å²) in [5.74, 6) is 0.833. The van der Waals surface area contributed by atoms with Gasteiger partial charge in [0.15, 0.2) is 0 Å². The molecule has 1 heterocycles. The molecule has 1 saturated heterocycles. The average Bonchev–Trinajstić information content (AvgIpc) is 2.74. The van der Waals surface area contributed by atoms with Crippen molar-refractivity contribution in [2.24, 2.45) is 0 Å². The van der Waals surface area contributed by atoms with E-state index in [2.05, 4.69) is 32.0 Å². The van der Waals surface area contributed by atoms with Crippen molar-refractivity contribution in [1.29, 1.82) is 0 Å². The van der Waals surface area contributed by atoms with Crippen molar-refractivity contribution >= 4 is 16.0 Å². The summed E-state index contributed by atoms with van der Waals surface area (Å²) in [6, 6.07) is 14.1. The lowest BCUT2D eigenvalue weighted by molar-refractivity contribution is -0.132. The molecule has 7 heteroatoms. The van der Waals surface area contributed by atoms with Gasteiger partial charge in [-0.25, -0.2) is 0 Å². The maximum atomic E-state index is 13.3. The third-order valence-corrected chi connectivity index (χ3v) is 7.15. The number of ether oxygens (including phenoxy) is 1. The fourth-order valence-corrected chi connectivity index (χ4v) is 5.06. The molecule has 1 fully saturated rings. The highest BCUT2D eigenvalue weighted by Crippen LogP contribution is 2.38. The van der Waals surface area contributed by atoms with E-state index in [-0.39, 0.29) is 24.0 Å². The number of carbonyl (C=O) groups excluding carboxylic acids is 1. The van der Waals surface area contributed by atoms with Gasteiger partial charge < -0.3 is 9.64 Å². The van der Waals surface area contributed by atoms with Crippen molar-refractivity contribution in [2.75, 3.05) is 26.0 Å². The van der Waals surface area contributed by atoms with Crippen LogP contribution in [0.4, 0.5) is 0 Å². The van der Waals surface area contributed by atoms with Crippen molar-refractivity contribution in [3.8, 4) is 5.75 Å². The van der Waals surface area contributed by atoms with Gasteiger partial charge in [0, 0.05) is 18.5 Å². The summed E-state index contributed by atoms with van der Waals surface area (Å²) in [4.78, 5) is 15.3. The number of nitrogens with zero attached hydrogens (tertiary/aromatic N) is 1. The van der Waals surface area contributed by atoms with Crippen LogP contribution in [-0.4, -0.2) is 51.3 Å². The van der Waals surface area contributed by atoms with Crippen LogP contribution in [0.15, 0.2) is 42.5 Å². The monoisotopic (exact) mass is 487 g/mol. The van der Waals surface area contributed by atoms with Crippen LogP contribution in [0.3, 0.4) is 0 Å². The zero-order valence-electron chi connectivity index (χ0n) is 21.0. The number of benzene rings is 2. The lowest BCUT2D eigenvalue weighted by Gasteiger charge is -2.43. The largest absolute Gasteiger partial charge is 0.491 e. The molecule has 1 atom stereocenters. The molecule has 186 valence electrons. The molecule has 2 aromatic rings. The summed E-state index contributed by atoms with van der Waals surface area (Å²) >= 11 is 0. The highest BCUT2D eigenvalue weighted by Gasteiger charge is 2.39. The van der Waals surface area contributed by atoms with Crippen LogP contribution < -0.4 is 4.74 Å². The van der Waals surface area contributed by atoms with Crippen LogP contribution in [0.2, 0.25) is 0 Å². The van der Waals surface area contributed by atoms with Crippen LogP contribution in [0, 0.1) is 13.8 Å². The Morgan fingerprint density at radius 2 is 1.88 bits per heavy atom. The quantitative estimate of drug-likeness (QED) is 0.485. The molecule has 2 aromatic carbocycles. The molecule has 3 rings (SSSR count). The highest BCUT2D eigenvalue weighted by atomic mass is 32.2. The summed E-state index contributed by atoms with van der Waals surface area (Å²) in [7, 11) is -3.52. The van der Waals surface area contributed by atoms with Gasteiger partial charge in [-0.2, -0.15) is 8.42 Å². The van der Waals surface area contributed by atoms with Gasteiger partial charge in [0.1, 0.15) is 5.75 Å². The summed E-state index contributed by atoms with van der Waals surface area (Å²) < 4.78 is 34.1. The van der Waals surface area contributed by atoms with Gasteiger partial charge in [0.25, 0.3) is 10.1 Å². The van der Waals surface area contributed by atoms with Crippen molar-refractivity contribution in [3.63, 3.8) is 0 Å². The lowest BCUT2D eigenvalue weighted by Crippen LogP contribution is -2.49. The third-order valence-electron chi connectivity index (χ3n) is 6.55. The Balaban J connectivity index is 1.81. The molecule has 0 aliphatic carbocycles. The first-order valence-electron chi connectivity index (χ1n) is 11.9. The Morgan fingerprint density at radius 3 is 2.56 bits per heavy atom. The Bertz CT molecular complexity index is 1110. The SMILES string of the molecule is Cc1ccc([C@@]2(CCOS(C)(=O)=O)CCCN(C(=O)Cc3cccc(OC(C)C)c3)C2)cc1C. The van der Waals surface area contributed by atoms with E-state index in [4.69, 9.17) is 8.92 Å². The second-order valence-corrected chi connectivity index (χ2v) is 11.4. The van der Waals surface area contributed by atoms with E-state index >= 15 is 0 Å². The molecule has 0 radical (unpaired) electrons. The first kappa shape index (κ1) is 26.2. The van der Waals surface area contributed by atoms with Crippen molar-refractivity contribution in [1.82, 2.24) is 4.90 Å². The predicted molar refractivity (Wildman–Crippen MR) is 135 cm³/mol. The number of hydrogen-bond acceptors (Lipinski definition) is 5. The van der Waals surface area contributed by atoms with E-state index in [1.54, 1.807) is 0 Å². The Kier molecular flexibility index (Phi) is 8.42. The van der Waals surface area contributed by atoms with Crippen molar-refractivity contribution in [3.05, 3.63) is 64.7 Å². The standard InChI is InChI=1S/C27H37NO5S/c1-20(2)33-25-9-6-8-23(17-25)18-26(29)28-14-7-12-27(19-28,13-15-32-34(5,30)31)24-11-10-21(3)22(4)16-24/h6,8-11,16-17,20H,7,12-15,18-19H2,1-5H3/t27-/m1/s1. The van der Waals surface area contributed by atoms with Crippen LogP contribution in [0.5, 0.6) is 5.75 Å². The zero-order chi connectivity index (χ0) is 24.9. The fourth-order valence-electron chi connectivity index (χ4n) is 4.68. The number of aryl methyl sites for hydroxylation is 2. The van der Waals surface area contributed by atoms with Gasteiger partial charge in [0.2, 0.25) is 5.91 Å². The molecule has 0 N–H and O–H groups in total. The molecule has 0 unspecified atom stereocenters. The highest BCUT2D eigenvalue weighted by molar-refractivity contribution is 7.85. The smallest absolute Gasteiger partial charge is 0.264 e. The van der Waals surface area contributed by atoms with Gasteiger partial charge in [-0.1, -0.05) is 30.3 Å². The van der Waals surface area contributed by atoms with E-state index in [9.17, 15) is 13.2 Å². The Hall–Kier alpha value is -2.38. The van der Waals surface area contributed by atoms with E-state index in [1.165, 1.54) is 11.1 Å². The number of piperidine rings is 1. The van der Waals surface area contributed by atoms with Gasteiger partial charge >= 0.3 is 0 Å². The molecule has 0 spiro atoms. The van der Waals surface area contributed by atoms with Crippen LogP contribution >= 0.6 is 0 Å². The number of carbonyl (C=O) groups is 1. The van der Waals surface area contributed by atoms with E-state index < -0.39 is 10.1 Å². The minimum atomic E-state index is -3.52. The molecule has 34 heavy (non-hydrogen) atoms. The summed E-state index contributed by atoms with van der Waals surface area (Å²) in [5.41, 5.74) is 4.10. The topological polar surface area (TPSA) is 72.9 Å². The van der Waals surface area contributed by atoms with Gasteiger partial charge in [-0.05, 0) is 81.3 Å². The van der Waals surface area contributed by atoms with Crippen molar-refractivity contribution < 1.29 is 22.1 Å². The number of amides is 1. The molecule has 6 nitrogen and oxygen atoms in total. The first-order chi connectivity index (χ1) is 16.0. The molecular weight excluding hydrogens is 450 g/mol. The summed E-state index contributed by atoms with van der Waals surface area (Å²) in [5, 5.41) is 0. The lowest BCUT2D eigenvalue weighted by atomic mass is 9.71. The summed E-state index contributed by atoms with van der Waals surface area (Å²) in [6.45, 7) is 9.45. The maximum absolute atomic E-state index is 13.3. The summed E-state index contributed by atoms with van der Waals surface area (Å²) in [6.07, 6.45) is 3.71. The molecule has 0 saturated carbocycles. The Morgan fingerprint density at radius 1 is 1.12 bits per heavy atom. The minimum absolute atomic E-state index is 0.0682. The normalized spacial score (nSPS) is 18.8. The van der Waals surface area contributed by atoms with Crippen molar-refractivity contribution in [2.45, 2.75) is 64.9 Å². The van der Waals surface area contributed by atoms with Gasteiger partial charge in [-0.15, -0.1) is 0 Å². The number of rotatable bonds is 9. The number of hydrogen-bond donors (Lipinski definition) is 0. The third kappa shape index (κ3) is 7.06. The predicted octanol–water partition coefficient (Wildman–Crippen LogP) is 4.56. The Labute approximate surface area is 204 Å². The first-order valence-corrected chi connectivity index (χ1v) is 13.7. The molecular formula is C27H37NO5S. The number of likely N-dealkylation sites (tertiary alicyclic amines) is 1. The second kappa shape index (κ2) is 10.9. The zero-order valence-corrected chi connectivity index (χ0v) is 21.8. The van der Waals surface area contributed by atoms with Gasteiger partial charge in [0.05, 0.1) is 25.4 Å². The molecule has 1 aliphatic rings. The molecule has 1 amide bonds. The van der Waals surface area contributed by atoms with Gasteiger partial charge in [-0.3, -0.25) is 8.98 Å². The molecule has 1 aliphatic heterocycles. The minimum Gasteiger partial charge on any atom is -0.491 e. The van der Waals surface area contributed by atoms with Crippen LogP contribution in [0.25, 0.3) is 0 Å². The molecule has 0 aromatic heterocycles. The fraction of sp³-hybridized carbons (Fsp3) is 0.519. The van der Waals surface area contributed by atoms with E-state index in [0.29, 0.717) is 25.9 Å².